The molecule has 0 bridgehead atoms. The molecule has 146 valence electrons. The summed E-state index contributed by atoms with van der Waals surface area (Å²) in [6.07, 6.45) is 2.71. The van der Waals surface area contributed by atoms with Gasteiger partial charge < -0.3 is 10.6 Å². The van der Waals surface area contributed by atoms with Crippen molar-refractivity contribution in [3.63, 3.8) is 0 Å². The molecule has 0 aliphatic heterocycles. The number of nitro groups is 1. The Bertz CT molecular complexity index is 1050. The zero-order chi connectivity index (χ0) is 20.2. The van der Waals surface area contributed by atoms with Gasteiger partial charge in [-0.3, -0.25) is 14.9 Å². The standard InChI is InChI=1S/C23H21N3O3/c27-23(18-10-13-21(24-19-11-12-19)22(15-18)26(28)29)25-20-9-5-4-8-17(20)14-16-6-2-1-3-7-16/h1-10,13,15,19,24H,11-12,14H2,(H,25,27). The largest absolute Gasteiger partial charge is 0.377 e. The van der Waals surface area contributed by atoms with Crippen molar-refractivity contribution in [1.82, 2.24) is 0 Å². The highest BCUT2D eigenvalue weighted by Gasteiger charge is 2.25. The van der Waals surface area contributed by atoms with E-state index >= 15 is 0 Å². The summed E-state index contributed by atoms with van der Waals surface area (Å²) < 4.78 is 0. The Kier molecular flexibility index (Phi) is 5.24. The maximum absolute atomic E-state index is 12.8. The Labute approximate surface area is 168 Å². The number of carbonyl (C=O) groups is 1. The molecule has 0 radical (unpaired) electrons. The number of benzene rings is 3. The van der Waals surface area contributed by atoms with Gasteiger partial charge in [-0.15, -0.1) is 0 Å². The molecule has 4 rings (SSSR count). The van der Waals surface area contributed by atoms with E-state index < -0.39 is 4.92 Å². The quantitative estimate of drug-likeness (QED) is 0.441. The van der Waals surface area contributed by atoms with Crippen LogP contribution in [0.5, 0.6) is 0 Å². The van der Waals surface area contributed by atoms with Crippen LogP contribution in [0.25, 0.3) is 0 Å². The lowest BCUT2D eigenvalue weighted by Gasteiger charge is -2.12. The molecule has 1 fully saturated rings. The van der Waals surface area contributed by atoms with Crippen LogP contribution in [0.15, 0.2) is 72.8 Å². The van der Waals surface area contributed by atoms with Crippen molar-refractivity contribution in [1.29, 1.82) is 0 Å². The number of rotatable bonds is 7. The van der Waals surface area contributed by atoms with Crippen molar-refractivity contribution in [2.24, 2.45) is 0 Å². The fourth-order valence-corrected chi connectivity index (χ4v) is 3.20. The molecule has 1 aliphatic rings. The molecule has 6 heteroatoms. The van der Waals surface area contributed by atoms with Crippen molar-refractivity contribution in [3.05, 3.63) is 99.6 Å². The number of para-hydroxylation sites is 1. The fraction of sp³-hybridized carbons (Fsp3) is 0.174. The number of amides is 1. The second-order valence-electron chi connectivity index (χ2n) is 7.18. The first-order valence-corrected chi connectivity index (χ1v) is 9.58. The summed E-state index contributed by atoms with van der Waals surface area (Å²) in [4.78, 5) is 23.8. The average molecular weight is 387 g/mol. The number of nitro benzene ring substituents is 1. The topological polar surface area (TPSA) is 84.3 Å². The molecule has 1 aliphatic carbocycles. The van der Waals surface area contributed by atoms with Gasteiger partial charge in [0.15, 0.2) is 0 Å². The third-order valence-electron chi connectivity index (χ3n) is 4.90. The number of carbonyl (C=O) groups excluding carboxylic acids is 1. The van der Waals surface area contributed by atoms with Gasteiger partial charge in [0.1, 0.15) is 5.69 Å². The zero-order valence-electron chi connectivity index (χ0n) is 15.8. The number of anilines is 2. The Balaban J connectivity index is 1.55. The fourth-order valence-electron chi connectivity index (χ4n) is 3.20. The van der Waals surface area contributed by atoms with Gasteiger partial charge in [-0.25, -0.2) is 0 Å². The summed E-state index contributed by atoms with van der Waals surface area (Å²) in [7, 11) is 0. The lowest BCUT2D eigenvalue weighted by atomic mass is 10.0. The van der Waals surface area contributed by atoms with Crippen LogP contribution >= 0.6 is 0 Å². The zero-order valence-corrected chi connectivity index (χ0v) is 15.8. The van der Waals surface area contributed by atoms with E-state index in [2.05, 4.69) is 10.6 Å². The third-order valence-corrected chi connectivity index (χ3v) is 4.90. The molecule has 3 aromatic rings. The highest BCUT2D eigenvalue weighted by Crippen LogP contribution is 2.32. The van der Waals surface area contributed by atoms with Crippen LogP contribution in [0.4, 0.5) is 17.1 Å². The van der Waals surface area contributed by atoms with Crippen molar-refractivity contribution in [2.45, 2.75) is 25.3 Å². The van der Waals surface area contributed by atoms with E-state index in [1.807, 2.05) is 54.6 Å². The van der Waals surface area contributed by atoms with Crippen molar-refractivity contribution >= 4 is 23.0 Å². The van der Waals surface area contributed by atoms with Crippen LogP contribution in [0.2, 0.25) is 0 Å². The summed E-state index contributed by atoms with van der Waals surface area (Å²) in [5.74, 6) is -0.369. The molecule has 0 saturated heterocycles. The van der Waals surface area contributed by atoms with Crippen LogP contribution in [0.1, 0.15) is 34.3 Å². The minimum absolute atomic E-state index is 0.0814. The van der Waals surface area contributed by atoms with Gasteiger partial charge >= 0.3 is 0 Å². The van der Waals surface area contributed by atoms with Crippen LogP contribution < -0.4 is 10.6 Å². The van der Waals surface area contributed by atoms with Gasteiger partial charge in [0.05, 0.1) is 4.92 Å². The molecule has 0 unspecified atom stereocenters. The lowest BCUT2D eigenvalue weighted by Crippen LogP contribution is -2.14. The maximum atomic E-state index is 12.8. The van der Waals surface area contributed by atoms with E-state index in [1.54, 1.807) is 12.1 Å². The summed E-state index contributed by atoms with van der Waals surface area (Å²) in [5, 5.41) is 17.5. The Morgan fingerprint density at radius 3 is 2.41 bits per heavy atom. The second-order valence-corrected chi connectivity index (χ2v) is 7.18. The van der Waals surface area contributed by atoms with E-state index in [9.17, 15) is 14.9 Å². The van der Waals surface area contributed by atoms with Gasteiger partial charge in [-0.2, -0.15) is 0 Å². The summed E-state index contributed by atoms with van der Waals surface area (Å²) in [5.41, 5.74) is 3.45. The van der Waals surface area contributed by atoms with E-state index in [0.29, 0.717) is 23.8 Å². The maximum Gasteiger partial charge on any atom is 0.293 e. The van der Waals surface area contributed by atoms with Gasteiger partial charge in [-0.05, 0) is 48.6 Å². The molecule has 6 nitrogen and oxygen atoms in total. The van der Waals surface area contributed by atoms with Crippen molar-refractivity contribution in [3.8, 4) is 0 Å². The highest BCUT2D eigenvalue weighted by molar-refractivity contribution is 6.05. The normalized spacial score (nSPS) is 13.0. The van der Waals surface area contributed by atoms with Gasteiger partial charge in [0.2, 0.25) is 0 Å². The third kappa shape index (κ3) is 4.60. The lowest BCUT2D eigenvalue weighted by molar-refractivity contribution is -0.384. The molecule has 0 heterocycles. The molecular weight excluding hydrogens is 366 g/mol. The van der Waals surface area contributed by atoms with Crippen LogP contribution in [-0.4, -0.2) is 16.9 Å². The van der Waals surface area contributed by atoms with Crippen LogP contribution in [0.3, 0.4) is 0 Å². The predicted octanol–water partition coefficient (Wildman–Crippen LogP) is 5.01. The minimum Gasteiger partial charge on any atom is -0.377 e. The van der Waals surface area contributed by atoms with Crippen molar-refractivity contribution < 1.29 is 9.72 Å². The molecule has 1 saturated carbocycles. The number of nitrogens with zero attached hydrogens (tertiary/aromatic N) is 1. The summed E-state index contributed by atoms with van der Waals surface area (Å²) >= 11 is 0. The SMILES string of the molecule is O=C(Nc1ccccc1Cc1ccccc1)c1ccc(NC2CC2)c([N+](=O)[O-])c1. The molecule has 1 amide bonds. The Morgan fingerprint density at radius 1 is 0.966 bits per heavy atom. The number of hydrogen-bond acceptors (Lipinski definition) is 4. The number of nitrogens with one attached hydrogen (secondary N) is 2. The smallest absolute Gasteiger partial charge is 0.293 e. The monoisotopic (exact) mass is 387 g/mol. The highest BCUT2D eigenvalue weighted by atomic mass is 16.6. The molecular formula is C23H21N3O3. The van der Waals surface area contributed by atoms with Crippen molar-refractivity contribution in [2.75, 3.05) is 10.6 Å². The second kappa shape index (κ2) is 8.14. The summed E-state index contributed by atoms with van der Waals surface area (Å²) in [6, 6.07) is 22.4. The van der Waals surface area contributed by atoms with E-state index in [4.69, 9.17) is 0 Å². The molecule has 29 heavy (non-hydrogen) atoms. The van der Waals surface area contributed by atoms with Crippen LogP contribution in [0, 0.1) is 10.1 Å². The summed E-state index contributed by atoms with van der Waals surface area (Å²) in [6.45, 7) is 0. The van der Waals surface area contributed by atoms with E-state index in [1.165, 1.54) is 6.07 Å². The molecule has 0 spiro atoms. The predicted molar refractivity (Wildman–Crippen MR) is 113 cm³/mol. The van der Waals surface area contributed by atoms with Gasteiger partial charge in [0.25, 0.3) is 11.6 Å². The minimum atomic E-state index is -0.454. The first-order chi connectivity index (χ1) is 14.1. The van der Waals surface area contributed by atoms with E-state index in [0.717, 1.165) is 24.0 Å². The number of hydrogen-bond donors (Lipinski definition) is 2. The molecule has 0 atom stereocenters. The Hall–Kier alpha value is -3.67. The molecule has 2 N–H and O–H groups in total. The molecule has 3 aromatic carbocycles. The van der Waals surface area contributed by atoms with E-state index in [-0.39, 0.29) is 17.2 Å². The van der Waals surface area contributed by atoms with Gasteiger partial charge in [0, 0.05) is 23.4 Å². The first kappa shape index (κ1) is 18.7. The first-order valence-electron chi connectivity index (χ1n) is 9.58. The average Bonchev–Trinajstić information content (AvgIpc) is 3.54. The molecule has 0 aromatic heterocycles. The van der Waals surface area contributed by atoms with Gasteiger partial charge in [-0.1, -0.05) is 48.5 Å². The Morgan fingerprint density at radius 2 is 1.69 bits per heavy atom. The van der Waals surface area contributed by atoms with Crippen LogP contribution in [-0.2, 0) is 6.42 Å².